The molecule has 0 saturated carbocycles. The smallest absolute Gasteiger partial charge is 0.275 e. The van der Waals surface area contributed by atoms with Crippen LogP contribution in [0.5, 0.6) is 0 Å². The van der Waals surface area contributed by atoms with E-state index in [2.05, 4.69) is 25.6 Å². The predicted octanol–water partition coefficient (Wildman–Crippen LogP) is 1.85. The number of aromatic nitrogens is 6. The minimum absolute atomic E-state index is 0.00121. The summed E-state index contributed by atoms with van der Waals surface area (Å²) >= 11 is 0. The van der Waals surface area contributed by atoms with Gasteiger partial charge in [-0.3, -0.25) is 14.7 Å². The second kappa shape index (κ2) is 6.76. The highest BCUT2D eigenvalue weighted by molar-refractivity contribution is 5.90. The number of nitrogens with one attached hydrogen (secondary N) is 2. The Morgan fingerprint density at radius 2 is 1.89 bits per heavy atom. The third-order valence-corrected chi connectivity index (χ3v) is 4.37. The lowest BCUT2D eigenvalue weighted by molar-refractivity contribution is -0.116. The van der Waals surface area contributed by atoms with E-state index in [0.29, 0.717) is 28.7 Å². The summed E-state index contributed by atoms with van der Waals surface area (Å²) in [5.41, 5.74) is 3.52. The number of anilines is 1. The predicted molar refractivity (Wildman–Crippen MR) is 104 cm³/mol. The molecule has 0 bridgehead atoms. The first kappa shape index (κ1) is 17.7. The van der Waals surface area contributed by atoms with Gasteiger partial charge in [0, 0.05) is 23.1 Å². The Morgan fingerprint density at radius 1 is 1.14 bits per heavy atom. The van der Waals surface area contributed by atoms with Gasteiger partial charge in [-0.05, 0) is 39.0 Å². The molecular formula is C19H19N7O2. The summed E-state index contributed by atoms with van der Waals surface area (Å²) in [6.45, 7) is 5.61. The fourth-order valence-corrected chi connectivity index (χ4v) is 2.92. The van der Waals surface area contributed by atoms with Crippen molar-refractivity contribution in [1.29, 1.82) is 0 Å². The summed E-state index contributed by atoms with van der Waals surface area (Å²) in [5.74, 6) is 0.386. The number of rotatable bonds is 4. The molecule has 0 aliphatic carbocycles. The summed E-state index contributed by atoms with van der Waals surface area (Å²) in [5, 5.41) is 14.1. The quantitative estimate of drug-likeness (QED) is 0.564. The average Bonchev–Trinajstić information content (AvgIpc) is 3.27. The molecule has 0 radical (unpaired) electrons. The van der Waals surface area contributed by atoms with Crippen LogP contribution in [0.1, 0.15) is 17.0 Å². The van der Waals surface area contributed by atoms with Crippen LogP contribution >= 0.6 is 0 Å². The summed E-state index contributed by atoms with van der Waals surface area (Å²) in [4.78, 5) is 29.3. The number of fused-ring (bicyclic) bond motifs is 1. The van der Waals surface area contributed by atoms with Crippen LogP contribution in [-0.4, -0.2) is 35.3 Å². The highest BCUT2D eigenvalue weighted by atomic mass is 16.2. The van der Waals surface area contributed by atoms with Gasteiger partial charge in [-0.1, -0.05) is 17.7 Å². The second-order valence-electron chi connectivity index (χ2n) is 6.71. The Hall–Kier alpha value is -3.75. The molecule has 3 aromatic heterocycles. The van der Waals surface area contributed by atoms with E-state index in [4.69, 9.17) is 0 Å². The summed E-state index contributed by atoms with van der Waals surface area (Å²) in [7, 11) is 0. The van der Waals surface area contributed by atoms with Crippen molar-refractivity contribution in [3.05, 3.63) is 63.7 Å². The summed E-state index contributed by atoms with van der Waals surface area (Å²) in [6, 6.07) is 10.8. The number of nitrogens with zero attached hydrogens (tertiary/aromatic N) is 5. The number of hydrogen-bond donors (Lipinski definition) is 2. The molecule has 0 aliphatic rings. The second-order valence-corrected chi connectivity index (χ2v) is 6.71. The molecule has 28 heavy (non-hydrogen) atoms. The van der Waals surface area contributed by atoms with E-state index in [0.717, 1.165) is 11.3 Å². The zero-order chi connectivity index (χ0) is 19.8. The van der Waals surface area contributed by atoms with Gasteiger partial charge in [0.05, 0.1) is 0 Å². The van der Waals surface area contributed by atoms with Crippen molar-refractivity contribution in [3.63, 3.8) is 0 Å². The molecule has 2 N–H and O–H groups in total. The lowest BCUT2D eigenvalue weighted by atomic mass is 10.2. The molecule has 142 valence electrons. The molecule has 4 aromatic rings. The van der Waals surface area contributed by atoms with Crippen molar-refractivity contribution in [1.82, 2.24) is 29.4 Å². The first-order chi connectivity index (χ1) is 13.4. The monoisotopic (exact) mass is 377 g/mol. The largest absolute Gasteiger partial charge is 0.325 e. The van der Waals surface area contributed by atoms with Crippen molar-refractivity contribution in [2.75, 3.05) is 5.32 Å². The van der Waals surface area contributed by atoms with Crippen LogP contribution < -0.4 is 10.9 Å². The Morgan fingerprint density at radius 3 is 2.57 bits per heavy atom. The number of aromatic amines is 1. The van der Waals surface area contributed by atoms with Crippen molar-refractivity contribution in [2.45, 2.75) is 27.3 Å². The first-order valence-electron chi connectivity index (χ1n) is 8.77. The molecule has 0 spiro atoms. The van der Waals surface area contributed by atoms with E-state index in [1.54, 1.807) is 17.6 Å². The minimum Gasteiger partial charge on any atom is -0.325 e. The molecular weight excluding hydrogens is 358 g/mol. The van der Waals surface area contributed by atoms with Crippen LogP contribution in [0.3, 0.4) is 0 Å². The van der Waals surface area contributed by atoms with Gasteiger partial charge in [0.2, 0.25) is 17.5 Å². The number of aryl methyl sites for hydroxylation is 3. The van der Waals surface area contributed by atoms with Gasteiger partial charge < -0.3 is 9.88 Å². The Bertz CT molecular complexity index is 1230. The van der Waals surface area contributed by atoms with E-state index in [1.807, 2.05) is 38.1 Å². The number of benzene rings is 1. The van der Waals surface area contributed by atoms with Crippen LogP contribution in [0, 0.1) is 20.8 Å². The number of amides is 1. The number of carbonyl (C=O) groups excluding carboxylic acids is 1. The molecule has 3 heterocycles. The average molecular weight is 377 g/mol. The zero-order valence-electron chi connectivity index (χ0n) is 15.7. The Labute approximate surface area is 160 Å². The molecule has 9 nitrogen and oxygen atoms in total. The van der Waals surface area contributed by atoms with E-state index in [-0.39, 0.29) is 18.0 Å². The maximum absolute atomic E-state index is 12.5. The zero-order valence-corrected chi connectivity index (χ0v) is 15.7. The third-order valence-electron chi connectivity index (χ3n) is 4.37. The highest BCUT2D eigenvalue weighted by Crippen LogP contribution is 2.15. The number of hydrogen-bond acceptors (Lipinski definition) is 5. The van der Waals surface area contributed by atoms with Crippen LogP contribution in [0.2, 0.25) is 0 Å². The van der Waals surface area contributed by atoms with E-state index in [1.165, 1.54) is 10.6 Å². The van der Waals surface area contributed by atoms with Gasteiger partial charge in [0.25, 0.3) is 5.56 Å². The van der Waals surface area contributed by atoms with E-state index < -0.39 is 0 Å². The van der Waals surface area contributed by atoms with Crippen molar-refractivity contribution >= 4 is 17.4 Å². The number of carbonyl (C=O) groups is 1. The van der Waals surface area contributed by atoms with Gasteiger partial charge >= 0.3 is 0 Å². The Balaban J connectivity index is 1.69. The van der Waals surface area contributed by atoms with E-state index in [9.17, 15) is 9.59 Å². The Kier molecular flexibility index (Phi) is 4.26. The fraction of sp³-hybridized carbons (Fsp3) is 0.211. The summed E-state index contributed by atoms with van der Waals surface area (Å²) in [6.07, 6.45) is 0. The van der Waals surface area contributed by atoms with Crippen LogP contribution in [0.4, 0.5) is 5.69 Å². The lowest BCUT2D eigenvalue weighted by Crippen LogP contribution is -2.25. The molecule has 0 atom stereocenters. The molecule has 0 fully saturated rings. The van der Waals surface area contributed by atoms with Crippen LogP contribution in [0.15, 0.2) is 41.2 Å². The maximum Gasteiger partial charge on any atom is 0.275 e. The molecule has 0 saturated heterocycles. The molecule has 1 aromatic carbocycles. The maximum atomic E-state index is 12.5. The van der Waals surface area contributed by atoms with Crippen molar-refractivity contribution < 1.29 is 4.79 Å². The topological polar surface area (TPSA) is 110 Å². The molecule has 0 unspecified atom stereocenters. The molecule has 0 aliphatic heterocycles. The van der Waals surface area contributed by atoms with Crippen LogP contribution in [-0.2, 0) is 11.3 Å². The number of H-pyrrole nitrogens is 1. The van der Waals surface area contributed by atoms with Gasteiger partial charge in [-0.25, -0.2) is 0 Å². The normalized spacial score (nSPS) is 11.1. The minimum atomic E-state index is -0.311. The third kappa shape index (κ3) is 3.29. The standard InChI is InChI=1S/C19H19N7O2/c1-11-4-6-14(7-5-11)20-16(27)10-25-13(3)9-17(28)26-19(25)21-18(24-26)15-8-12(2)22-23-15/h4-9H,10H2,1-3H3,(H,20,27)(H,22,23). The van der Waals surface area contributed by atoms with Gasteiger partial charge in [0.15, 0.2) is 0 Å². The first-order valence-corrected chi connectivity index (χ1v) is 8.77. The van der Waals surface area contributed by atoms with E-state index >= 15 is 0 Å². The molecule has 9 heteroatoms. The SMILES string of the molecule is Cc1ccc(NC(=O)Cn2c(C)cc(=O)n3nc(-c4cc(C)[nH]n4)nc23)cc1. The summed E-state index contributed by atoms with van der Waals surface area (Å²) < 4.78 is 2.84. The fourth-order valence-electron chi connectivity index (χ4n) is 2.92. The molecule has 4 rings (SSSR count). The van der Waals surface area contributed by atoms with Gasteiger partial charge in [-0.15, -0.1) is 5.10 Å². The lowest BCUT2D eigenvalue weighted by Gasteiger charge is -2.11. The van der Waals surface area contributed by atoms with Gasteiger partial charge in [-0.2, -0.15) is 14.6 Å². The van der Waals surface area contributed by atoms with Crippen molar-refractivity contribution in [2.24, 2.45) is 0 Å². The molecule has 1 amide bonds. The van der Waals surface area contributed by atoms with Crippen LogP contribution in [0.25, 0.3) is 17.3 Å². The van der Waals surface area contributed by atoms with Crippen molar-refractivity contribution in [3.8, 4) is 11.5 Å². The van der Waals surface area contributed by atoms with Gasteiger partial charge in [0.1, 0.15) is 12.2 Å². The highest BCUT2D eigenvalue weighted by Gasteiger charge is 2.17.